The number of carboxylic acid groups (broad SMARTS) is 1. The number of carboxylic acids is 1. The smallest absolute Gasteiger partial charge is 0.342 e. The minimum absolute atomic E-state index is 0.106. The maximum absolute atomic E-state index is 12.1. The fourth-order valence-corrected chi connectivity index (χ4v) is 4.92. The maximum atomic E-state index is 12.1. The van der Waals surface area contributed by atoms with E-state index in [1.807, 2.05) is 31.2 Å². The Balaban J connectivity index is 1.67. The number of aromatic amines is 1. The molecular weight excluding hydrogens is 528 g/mol. The van der Waals surface area contributed by atoms with Crippen LogP contribution < -0.4 is 9.47 Å². The summed E-state index contributed by atoms with van der Waals surface area (Å²) in [5.41, 5.74) is 1.98. The molecule has 0 bridgehead atoms. The van der Waals surface area contributed by atoms with Gasteiger partial charge in [-0.05, 0) is 60.7 Å². The number of benzene rings is 3. The summed E-state index contributed by atoms with van der Waals surface area (Å²) in [5, 5.41) is 28.4. The van der Waals surface area contributed by atoms with E-state index in [9.17, 15) is 20.0 Å². The molecule has 0 saturated heterocycles. The Morgan fingerprint density at radius 3 is 2.34 bits per heavy atom. The highest BCUT2D eigenvalue weighted by Gasteiger charge is 2.18. The van der Waals surface area contributed by atoms with Gasteiger partial charge in [-0.1, -0.05) is 29.5 Å². The summed E-state index contributed by atoms with van der Waals surface area (Å²) in [7, 11) is 3.06. The summed E-state index contributed by atoms with van der Waals surface area (Å²) in [6.45, 7) is 1.98. The molecule has 1 heterocycles. The lowest BCUT2D eigenvalue weighted by atomic mass is 10.2. The highest BCUT2D eigenvalue weighted by atomic mass is 32.2. The van der Waals surface area contributed by atoms with Crippen LogP contribution in [0.1, 0.15) is 11.1 Å². The third-order valence-corrected chi connectivity index (χ3v) is 7.22. The predicted molar refractivity (Wildman–Crippen MR) is 145 cm³/mol. The lowest BCUT2D eigenvalue weighted by Crippen LogP contribution is -1.98. The van der Waals surface area contributed by atoms with Gasteiger partial charge in [0, 0.05) is 33.6 Å². The van der Waals surface area contributed by atoms with E-state index < -0.39 is 10.9 Å². The van der Waals surface area contributed by atoms with Crippen LogP contribution in [0.4, 0.5) is 5.69 Å². The fraction of sp³-hybridized carbons (Fsp3) is 0.115. The van der Waals surface area contributed by atoms with Gasteiger partial charge in [-0.2, -0.15) is 0 Å². The Morgan fingerprint density at radius 1 is 1.05 bits per heavy atom. The van der Waals surface area contributed by atoms with E-state index in [-0.39, 0.29) is 15.7 Å². The zero-order chi connectivity index (χ0) is 27.2. The van der Waals surface area contributed by atoms with E-state index in [1.165, 1.54) is 44.2 Å². The van der Waals surface area contributed by atoms with Gasteiger partial charge in [0.05, 0.1) is 19.1 Å². The maximum Gasteiger partial charge on any atom is 0.342 e. The molecule has 3 aromatic carbocycles. The number of aromatic nitrogens is 3. The zero-order valence-corrected chi connectivity index (χ0v) is 22.1. The van der Waals surface area contributed by atoms with Gasteiger partial charge in [0.15, 0.2) is 5.82 Å². The number of thioether (sulfide) groups is 1. The molecule has 0 aliphatic rings. The van der Waals surface area contributed by atoms with Crippen LogP contribution in [0.2, 0.25) is 0 Å². The number of aryl methyl sites for hydroxylation is 1. The lowest BCUT2D eigenvalue weighted by Gasteiger charge is -2.08. The van der Waals surface area contributed by atoms with E-state index >= 15 is 0 Å². The third kappa shape index (κ3) is 6.52. The molecule has 38 heavy (non-hydrogen) atoms. The summed E-state index contributed by atoms with van der Waals surface area (Å²) >= 11 is 2.21. The molecule has 194 valence electrons. The average molecular weight is 551 g/mol. The molecule has 0 unspecified atom stereocenters. The summed E-state index contributed by atoms with van der Waals surface area (Å²) in [6, 6.07) is 17.3. The number of hydrogen-bond acceptors (Lipinski definition) is 9. The lowest BCUT2D eigenvalue weighted by molar-refractivity contribution is -0.384. The van der Waals surface area contributed by atoms with Gasteiger partial charge in [-0.3, -0.25) is 15.2 Å². The summed E-state index contributed by atoms with van der Waals surface area (Å²) in [4.78, 5) is 28.9. The summed E-state index contributed by atoms with van der Waals surface area (Å²) in [6.07, 6.45) is 1.39. The van der Waals surface area contributed by atoms with Crippen molar-refractivity contribution in [2.45, 2.75) is 21.9 Å². The first kappa shape index (κ1) is 26.8. The van der Waals surface area contributed by atoms with E-state index in [2.05, 4.69) is 15.2 Å². The van der Waals surface area contributed by atoms with Gasteiger partial charge < -0.3 is 14.6 Å². The van der Waals surface area contributed by atoms with Gasteiger partial charge in [0.2, 0.25) is 5.16 Å². The van der Waals surface area contributed by atoms with Crippen LogP contribution in [0.25, 0.3) is 17.5 Å². The third-order valence-electron chi connectivity index (χ3n) is 5.24. The Bertz CT molecular complexity index is 1500. The number of ether oxygens (including phenoxy) is 2. The van der Waals surface area contributed by atoms with Crippen LogP contribution in [-0.2, 0) is 4.79 Å². The second-order valence-corrected chi connectivity index (χ2v) is 10.0. The molecular formula is C26H22N4O6S2. The topological polar surface area (TPSA) is 140 Å². The number of rotatable bonds is 10. The van der Waals surface area contributed by atoms with Gasteiger partial charge >= 0.3 is 5.97 Å². The molecule has 12 heteroatoms. The van der Waals surface area contributed by atoms with E-state index in [0.29, 0.717) is 33.3 Å². The molecule has 4 aromatic rings. The van der Waals surface area contributed by atoms with Crippen LogP contribution in [0.3, 0.4) is 0 Å². The summed E-state index contributed by atoms with van der Waals surface area (Å²) in [5.74, 6) is 0.281. The molecule has 2 N–H and O–H groups in total. The van der Waals surface area contributed by atoms with Crippen molar-refractivity contribution in [1.82, 2.24) is 15.2 Å². The number of hydrogen-bond donors (Lipinski definition) is 2. The van der Waals surface area contributed by atoms with Crippen molar-refractivity contribution in [3.8, 4) is 22.9 Å². The quantitative estimate of drug-likeness (QED) is 0.103. The molecule has 0 radical (unpaired) electrons. The van der Waals surface area contributed by atoms with Crippen molar-refractivity contribution in [1.29, 1.82) is 0 Å². The number of aliphatic carboxylic acids is 1. The second kappa shape index (κ2) is 11.8. The van der Waals surface area contributed by atoms with Gasteiger partial charge in [-0.25, -0.2) is 9.78 Å². The number of nitro benzene ring substituents is 1. The zero-order valence-electron chi connectivity index (χ0n) is 20.5. The largest absolute Gasteiger partial charge is 0.497 e. The predicted octanol–water partition coefficient (Wildman–Crippen LogP) is 6.07. The number of non-ortho nitro benzene ring substituents is 1. The van der Waals surface area contributed by atoms with E-state index in [1.54, 1.807) is 24.3 Å². The minimum Gasteiger partial charge on any atom is -0.497 e. The Kier molecular flexibility index (Phi) is 8.34. The van der Waals surface area contributed by atoms with E-state index in [0.717, 1.165) is 22.2 Å². The molecule has 0 atom stereocenters. The van der Waals surface area contributed by atoms with Crippen molar-refractivity contribution in [3.05, 3.63) is 86.8 Å². The molecule has 0 saturated carbocycles. The average Bonchev–Trinajstić information content (AvgIpc) is 3.38. The monoisotopic (exact) mass is 550 g/mol. The molecule has 0 aliphatic carbocycles. The number of nitro groups is 1. The Hall–Kier alpha value is -4.29. The van der Waals surface area contributed by atoms with Crippen molar-refractivity contribution in [2.75, 3.05) is 14.2 Å². The number of nitrogens with zero attached hydrogens (tertiary/aromatic N) is 3. The molecule has 0 fully saturated rings. The fourth-order valence-electron chi connectivity index (χ4n) is 3.33. The van der Waals surface area contributed by atoms with Crippen molar-refractivity contribution in [2.24, 2.45) is 0 Å². The standard InChI is InChI=1S/C26H22N4O6S2/c1-15-4-7-21(8-5-15)37-22-9-6-18(30(33)34)10-16(22)13-23(25(31)32)38-26-27-24(28-29-26)17-11-19(35-2)14-20(12-17)36-3/h4-14H,1-3H3,(H,31,32)(H,27,28,29)/b23-13+. The number of methoxy groups -OCH3 is 2. The second-order valence-electron chi connectivity index (χ2n) is 7.88. The molecule has 0 spiro atoms. The van der Waals surface area contributed by atoms with Crippen LogP contribution in [-0.4, -0.2) is 45.4 Å². The number of carbonyl (C=O) groups is 1. The van der Waals surface area contributed by atoms with Crippen LogP contribution in [0, 0.1) is 17.0 Å². The molecule has 0 aliphatic heterocycles. The van der Waals surface area contributed by atoms with Crippen LogP contribution >= 0.6 is 23.5 Å². The molecule has 4 rings (SSSR count). The SMILES string of the molecule is COc1cc(OC)cc(-c2nc(S/C(=C/c3cc([N+](=O)[O-])ccc3Sc3ccc(C)cc3)C(=O)O)n[nH]2)c1. The Labute approximate surface area is 226 Å². The first-order valence-corrected chi connectivity index (χ1v) is 12.7. The highest BCUT2D eigenvalue weighted by molar-refractivity contribution is 8.04. The van der Waals surface area contributed by atoms with Crippen LogP contribution in [0.15, 0.2) is 80.5 Å². The van der Waals surface area contributed by atoms with Crippen molar-refractivity contribution < 1.29 is 24.3 Å². The van der Waals surface area contributed by atoms with Gasteiger partial charge in [-0.15, -0.1) is 5.10 Å². The van der Waals surface area contributed by atoms with Crippen LogP contribution in [0.5, 0.6) is 11.5 Å². The minimum atomic E-state index is -1.22. The van der Waals surface area contributed by atoms with E-state index in [4.69, 9.17) is 9.47 Å². The molecule has 0 amide bonds. The van der Waals surface area contributed by atoms with Gasteiger partial charge in [0.25, 0.3) is 5.69 Å². The first-order valence-electron chi connectivity index (χ1n) is 11.1. The first-order chi connectivity index (χ1) is 18.2. The number of H-pyrrole nitrogens is 1. The van der Waals surface area contributed by atoms with Crippen molar-refractivity contribution >= 4 is 41.3 Å². The Morgan fingerprint density at radius 2 is 1.74 bits per heavy atom. The van der Waals surface area contributed by atoms with Gasteiger partial charge in [0.1, 0.15) is 16.4 Å². The number of nitrogens with one attached hydrogen (secondary N) is 1. The highest BCUT2D eigenvalue weighted by Crippen LogP contribution is 2.36. The van der Waals surface area contributed by atoms with Crippen molar-refractivity contribution in [3.63, 3.8) is 0 Å². The molecule has 1 aromatic heterocycles. The molecule has 10 nitrogen and oxygen atoms in total. The summed E-state index contributed by atoms with van der Waals surface area (Å²) < 4.78 is 10.6. The normalized spacial score (nSPS) is 11.3.